The summed E-state index contributed by atoms with van der Waals surface area (Å²) in [6.07, 6.45) is 4.19. The Morgan fingerprint density at radius 1 is 1.30 bits per heavy atom. The molecule has 0 saturated heterocycles. The Bertz CT molecular complexity index is 614. The van der Waals surface area contributed by atoms with Gasteiger partial charge in [0.25, 0.3) is 0 Å². The summed E-state index contributed by atoms with van der Waals surface area (Å²) in [5.41, 5.74) is 7.01. The van der Waals surface area contributed by atoms with Gasteiger partial charge in [0.2, 0.25) is 10.0 Å². The summed E-state index contributed by atoms with van der Waals surface area (Å²) in [7, 11) is -3.49. The molecule has 20 heavy (non-hydrogen) atoms. The maximum Gasteiger partial charge on any atom is 0.243 e. The zero-order chi connectivity index (χ0) is 14.5. The van der Waals surface area contributed by atoms with Crippen LogP contribution < -0.4 is 5.73 Å². The summed E-state index contributed by atoms with van der Waals surface area (Å²) in [4.78, 5) is 0.221. The lowest BCUT2D eigenvalue weighted by Crippen LogP contribution is -2.35. The molecule has 2 saturated carbocycles. The van der Waals surface area contributed by atoms with E-state index in [1.807, 2.05) is 0 Å². The number of halogens is 1. The molecule has 0 heterocycles. The summed E-state index contributed by atoms with van der Waals surface area (Å²) in [5, 5.41) is 0.408. The van der Waals surface area contributed by atoms with Gasteiger partial charge >= 0.3 is 0 Å². The molecule has 6 heteroatoms. The monoisotopic (exact) mass is 314 g/mol. The lowest BCUT2D eigenvalue weighted by molar-refractivity contribution is 0.389. The van der Waals surface area contributed by atoms with Crippen LogP contribution in [0.25, 0.3) is 0 Å². The number of nitrogens with zero attached hydrogens (tertiary/aromatic N) is 1. The van der Waals surface area contributed by atoms with Crippen LogP contribution in [0.1, 0.15) is 31.2 Å². The van der Waals surface area contributed by atoms with Crippen molar-refractivity contribution >= 4 is 27.3 Å². The average Bonchev–Trinajstić information content (AvgIpc) is 3.25. The molecule has 2 N–H and O–H groups in total. The van der Waals surface area contributed by atoms with Crippen molar-refractivity contribution in [3.05, 3.63) is 22.7 Å². The van der Waals surface area contributed by atoms with Crippen LogP contribution in [0.3, 0.4) is 0 Å². The van der Waals surface area contributed by atoms with Crippen molar-refractivity contribution in [2.45, 2.75) is 43.5 Å². The zero-order valence-electron chi connectivity index (χ0n) is 11.5. The minimum absolute atomic E-state index is 0.168. The van der Waals surface area contributed by atoms with Crippen LogP contribution >= 0.6 is 11.6 Å². The van der Waals surface area contributed by atoms with Gasteiger partial charge in [-0.05, 0) is 56.2 Å². The highest BCUT2D eigenvalue weighted by atomic mass is 35.5. The van der Waals surface area contributed by atoms with Gasteiger partial charge in [0, 0.05) is 23.3 Å². The first-order valence-corrected chi connectivity index (χ1v) is 8.79. The van der Waals surface area contributed by atoms with Gasteiger partial charge in [-0.3, -0.25) is 0 Å². The topological polar surface area (TPSA) is 63.4 Å². The van der Waals surface area contributed by atoms with Gasteiger partial charge in [-0.25, -0.2) is 8.42 Å². The average molecular weight is 315 g/mol. The second kappa shape index (κ2) is 4.90. The molecule has 2 aliphatic carbocycles. The Balaban J connectivity index is 1.96. The van der Waals surface area contributed by atoms with Gasteiger partial charge in [-0.1, -0.05) is 11.6 Å². The molecule has 0 aliphatic heterocycles. The second-order valence-corrected chi connectivity index (χ2v) is 8.17. The molecule has 2 fully saturated rings. The number of hydrogen-bond donors (Lipinski definition) is 1. The number of hydrogen-bond acceptors (Lipinski definition) is 3. The van der Waals surface area contributed by atoms with Crippen molar-refractivity contribution in [2.75, 3.05) is 12.3 Å². The number of sulfonamides is 1. The summed E-state index contributed by atoms with van der Waals surface area (Å²) < 4.78 is 27.3. The van der Waals surface area contributed by atoms with Gasteiger partial charge < -0.3 is 5.73 Å². The Kier molecular flexibility index (Phi) is 3.47. The van der Waals surface area contributed by atoms with Crippen LogP contribution in [0.5, 0.6) is 0 Å². The van der Waals surface area contributed by atoms with Gasteiger partial charge in [-0.2, -0.15) is 4.31 Å². The first-order valence-electron chi connectivity index (χ1n) is 6.97. The van der Waals surface area contributed by atoms with Crippen LogP contribution in [0, 0.1) is 12.8 Å². The van der Waals surface area contributed by atoms with E-state index in [1.165, 1.54) is 12.1 Å². The first-order chi connectivity index (χ1) is 9.39. The highest BCUT2D eigenvalue weighted by Crippen LogP contribution is 2.39. The largest absolute Gasteiger partial charge is 0.398 e. The molecule has 4 nitrogen and oxygen atoms in total. The Morgan fingerprint density at radius 3 is 2.45 bits per heavy atom. The standard InChI is InChI=1S/C14H19ClN2O2S/c1-9-13(15)6-12(7-14(9)16)20(18,19)17(11-4-5-11)8-10-2-3-10/h6-7,10-11H,2-5,8,16H2,1H3. The third-order valence-corrected chi connectivity index (χ3v) is 6.34. The smallest absolute Gasteiger partial charge is 0.243 e. The van der Waals surface area contributed by atoms with E-state index in [9.17, 15) is 8.42 Å². The summed E-state index contributed by atoms with van der Waals surface area (Å²) in [6, 6.07) is 3.21. The Hall–Kier alpha value is -0.780. The molecule has 0 spiro atoms. The molecule has 0 aromatic heterocycles. The van der Waals surface area contributed by atoms with Crippen LogP contribution in [0.2, 0.25) is 5.02 Å². The number of nitrogens with two attached hydrogens (primary N) is 1. The summed E-state index contributed by atoms with van der Waals surface area (Å²) >= 11 is 6.08. The van der Waals surface area contributed by atoms with E-state index in [1.54, 1.807) is 11.2 Å². The molecule has 1 aromatic rings. The van der Waals surface area contributed by atoms with Crippen molar-refractivity contribution in [3.63, 3.8) is 0 Å². The van der Waals surface area contributed by atoms with E-state index in [0.717, 1.165) is 31.2 Å². The highest BCUT2D eigenvalue weighted by molar-refractivity contribution is 7.89. The predicted octanol–water partition coefficient (Wildman–Crippen LogP) is 2.79. The Labute approximate surface area is 125 Å². The molecule has 2 aliphatic rings. The molecule has 3 rings (SSSR count). The van der Waals surface area contributed by atoms with Gasteiger partial charge in [0.1, 0.15) is 0 Å². The molecule has 0 atom stereocenters. The third-order valence-electron chi connectivity index (χ3n) is 4.05. The fourth-order valence-electron chi connectivity index (χ4n) is 2.32. The highest BCUT2D eigenvalue weighted by Gasteiger charge is 2.41. The molecule has 0 bridgehead atoms. The number of rotatable bonds is 5. The predicted molar refractivity (Wildman–Crippen MR) is 80.2 cm³/mol. The fourth-order valence-corrected chi connectivity index (χ4v) is 4.43. The van der Waals surface area contributed by atoms with E-state index < -0.39 is 10.0 Å². The van der Waals surface area contributed by atoms with Crippen LogP contribution in [0.15, 0.2) is 17.0 Å². The van der Waals surface area contributed by atoms with Gasteiger partial charge in [0.15, 0.2) is 0 Å². The van der Waals surface area contributed by atoms with Crippen molar-refractivity contribution in [3.8, 4) is 0 Å². The second-order valence-electron chi connectivity index (χ2n) is 5.87. The van der Waals surface area contributed by atoms with Gasteiger partial charge in [0.05, 0.1) is 4.90 Å². The maximum absolute atomic E-state index is 12.8. The fraction of sp³-hybridized carbons (Fsp3) is 0.571. The minimum atomic E-state index is -3.49. The summed E-state index contributed by atoms with van der Waals surface area (Å²) in [5.74, 6) is 0.531. The summed E-state index contributed by atoms with van der Waals surface area (Å²) in [6.45, 7) is 2.43. The molecule has 0 amide bonds. The van der Waals surface area contributed by atoms with E-state index in [-0.39, 0.29) is 10.9 Å². The molecule has 110 valence electrons. The molecular weight excluding hydrogens is 296 g/mol. The van der Waals surface area contributed by atoms with E-state index >= 15 is 0 Å². The van der Waals surface area contributed by atoms with Crippen molar-refractivity contribution in [1.82, 2.24) is 4.31 Å². The molecule has 1 aromatic carbocycles. The van der Waals surface area contributed by atoms with Crippen molar-refractivity contribution in [2.24, 2.45) is 5.92 Å². The van der Waals surface area contributed by atoms with Crippen LogP contribution in [-0.2, 0) is 10.0 Å². The van der Waals surface area contributed by atoms with E-state index in [4.69, 9.17) is 17.3 Å². The Morgan fingerprint density at radius 2 is 1.95 bits per heavy atom. The number of benzene rings is 1. The normalized spacial score (nSPS) is 19.6. The zero-order valence-corrected chi connectivity index (χ0v) is 13.0. The van der Waals surface area contributed by atoms with Gasteiger partial charge in [-0.15, -0.1) is 0 Å². The quantitative estimate of drug-likeness (QED) is 0.850. The number of nitrogen functional groups attached to an aromatic ring is 1. The lowest BCUT2D eigenvalue weighted by Gasteiger charge is -2.22. The molecular formula is C14H19ClN2O2S. The van der Waals surface area contributed by atoms with Crippen molar-refractivity contribution in [1.29, 1.82) is 0 Å². The van der Waals surface area contributed by atoms with Crippen molar-refractivity contribution < 1.29 is 8.42 Å². The SMILES string of the molecule is Cc1c(N)cc(S(=O)(=O)N(CC2CC2)C2CC2)cc1Cl. The minimum Gasteiger partial charge on any atom is -0.398 e. The van der Waals surface area contributed by atoms with E-state index in [2.05, 4.69) is 0 Å². The first kappa shape index (κ1) is 14.2. The molecule has 0 radical (unpaired) electrons. The maximum atomic E-state index is 12.8. The van der Waals surface area contributed by atoms with Crippen LogP contribution in [0.4, 0.5) is 5.69 Å². The number of anilines is 1. The van der Waals surface area contributed by atoms with Crippen LogP contribution in [-0.4, -0.2) is 25.3 Å². The lowest BCUT2D eigenvalue weighted by atomic mass is 10.2. The van der Waals surface area contributed by atoms with E-state index in [0.29, 0.717) is 23.2 Å². The third kappa shape index (κ3) is 2.67. The molecule has 0 unspecified atom stereocenters.